The first-order valence-corrected chi connectivity index (χ1v) is 9.51. The van der Waals surface area contributed by atoms with Crippen molar-refractivity contribution >= 4 is 22.4 Å². The molecule has 0 bridgehead atoms. The molecule has 1 aromatic heterocycles. The number of anilines is 1. The topological polar surface area (TPSA) is 60.3 Å². The smallest absolute Gasteiger partial charge is 0.258 e. The third-order valence-electron chi connectivity index (χ3n) is 4.66. The molecule has 0 unspecified atom stereocenters. The maximum Gasteiger partial charge on any atom is 0.258 e. The molecule has 28 heavy (non-hydrogen) atoms. The second-order valence-corrected chi connectivity index (χ2v) is 7.32. The molecule has 0 aliphatic rings. The molecule has 1 amide bonds. The summed E-state index contributed by atoms with van der Waals surface area (Å²) in [5.41, 5.74) is 2.35. The lowest BCUT2D eigenvalue weighted by atomic mass is 10.0. The number of methoxy groups -OCH3 is 1. The Morgan fingerprint density at radius 2 is 1.82 bits per heavy atom. The minimum absolute atomic E-state index is 0.0938. The SMILES string of the molecule is COCCn1ccc2c(NC(=O)c3ccc(CC(C)C)cc3)cccc2c1=O. The van der Waals surface area contributed by atoms with Crippen molar-refractivity contribution in [1.29, 1.82) is 0 Å². The van der Waals surface area contributed by atoms with Gasteiger partial charge in [-0.05, 0) is 48.2 Å². The Kier molecular flexibility index (Phi) is 6.26. The molecule has 5 heteroatoms. The minimum Gasteiger partial charge on any atom is -0.383 e. The lowest BCUT2D eigenvalue weighted by molar-refractivity contribution is 0.102. The van der Waals surface area contributed by atoms with Gasteiger partial charge in [0.25, 0.3) is 11.5 Å². The lowest BCUT2D eigenvalue weighted by Gasteiger charge is -2.11. The largest absolute Gasteiger partial charge is 0.383 e. The highest BCUT2D eigenvalue weighted by Crippen LogP contribution is 2.21. The number of aromatic nitrogens is 1. The molecular formula is C23H26N2O3. The van der Waals surface area contributed by atoms with E-state index in [1.807, 2.05) is 36.4 Å². The second-order valence-electron chi connectivity index (χ2n) is 7.32. The second kappa shape index (κ2) is 8.85. The van der Waals surface area contributed by atoms with Gasteiger partial charge in [-0.2, -0.15) is 0 Å². The average Bonchev–Trinajstić information content (AvgIpc) is 2.68. The molecule has 146 valence electrons. The van der Waals surface area contributed by atoms with Crippen LogP contribution in [0.2, 0.25) is 0 Å². The van der Waals surface area contributed by atoms with Crippen molar-refractivity contribution in [2.45, 2.75) is 26.8 Å². The first-order valence-electron chi connectivity index (χ1n) is 9.51. The number of rotatable bonds is 7. The molecule has 2 aromatic carbocycles. The molecule has 0 saturated carbocycles. The van der Waals surface area contributed by atoms with Crippen LogP contribution >= 0.6 is 0 Å². The first-order chi connectivity index (χ1) is 13.5. The van der Waals surface area contributed by atoms with E-state index in [-0.39, 0.29) is 11.5 Å². The summed E-state index contributed by atoms with van der Waals surface area (Å²) in [5, 5.41) is 4.24. The predicted octanol–water partition coefficient (Wildman–Crippen LogP) is 4.10. The molecule has 0 spiro atoms. The molecule has 3 aromatic rings. The molecule has 0 aliphatic heterocycles. The molecule has 0 radical (unpaired) electrons. The number of benzene rings is 2. The Morgan fingerprint density at radius 3 is 2.50 bits per heavy atom. The zero-order valence-corrected chi connectivity index (χ0v) is 16.6. The van der Waals surface area contributed by atoms with E-state index in [0.29, 0.717) is 35.7 Å². The van der Waals surface area contributed by atoms with Crippen molar-refractivity contribution in [3.8, 4) is 0 Å². The molecule has 0 atom stereocenters. The van der Waals surface area contributed by atoms with E-state index in [1.165, 1.54) is 5.56 Å². The standard InChI is InChI=1S/C23H26N2O3/c1-16(2)15-17-7-9-18(10-8-17)22(26)24-21-6-4-5-20-19(21)11-12-25(23(20)27)13-14-28-3/h4-12,16H,13-15H2,1-3H3,(H,24,26). The van der Waals surface area contributed by atoms with Crippen LogP contribution in [0.15, 0.2) is 59.5 Å². The van der Waals surface area contributed by atoms with E-state index in [9.17, 15) is 9.59 Å². The van der Waals surface area contributed by atoms with Gasteiger partial charge in [-0.15, -0.1) is 0 Å². The van der Waals surface area contributed by atoms with Crippen LogP contribution in [0.5, 0.6) is 0 Å². The number of carbonyl (C=O) groups excluding carboxylic acids is 1. The zero-order valence-electron chi connectivity index (χ0n) is 16.6. The Labute approximate surface area is 165 Å². The number of ether oxygens (including phenoxy) is 1. The van der Waals surface area contributed by atoms with Crippen LogP contribution < -0.4 is 10.9 Å². The van der Waals surface area contributed by atoms with Crippen LogP contribution in [0.25, 0.3) is 10.8 Å². The van der Waals surface area contributed by atoms with Gasteiger partial charge in [-0.3, -0.25) is 9.59 Å². The van der Waals surface area contributed by atoms with Gasteiger partial charge >= 0.3 is 0 Å². The monoisotopic (exact) mass is 378 g/mol. The van der Waals surface area contributed by atoms with Gasteiger partial charge < -0.3 is 14.6 Å². The summed E-state index contributed by atoms with van der Waals surface area (Å²) in [5.74, 6) is 0.385. The fourth-order valence-corrected chi connectivity index (χ4v) is 3.25. The van der Waals surface area contributed by atoms with E-state index >= 15 is 0 Å². The van der Waals surface area contributed by atoms with Crippen molar-refractivity contribution in [3.05, 3.63) is 76.2 Å². The van der Waals surface area contributed by atoms with E-state index in [0.717, 1.165) is 11.8 Å². The number of hydrogen-bond donors (Lipinski definition) is 1. The van der Waals surface area contributed by atoms with Crippen LogP contribution in [0.1, 0.15) is 29.8 Å². The van der Waals surface area contributed by atoms with E-state index < -0.39 is 0 Å². The van der Waals surface area contributed by atoms with Gasteiger partial charge in [0.2, 0.25) is 0 Å². The molecular weight excluding hydrogens is 352 g/mol. The Morgan fingerprint density at radius 1 is 1.07 bits per heavy atom. The quantitative estimate of drug-likeness (QED) is 0.673. The summed E-state index contributed by atoms with van der Waals surface area (Å²) < 4.78 is 6.67. The number of hydrogen-bond acceptors (Lipinski definition) is 3. The number of carbonyl (C=O) groups is 1. The summed E-state index contributed by atoms with van der Waals surface area (Å²) in [7, 11) is 1.61. The number of pyridine rings is 1. The van der Waals surface area contributed by atoms with E-state index in [2.05, 4.69) is 19.2 Å². The third-order valence-corrected chi connectivity index (χ3v) is 4.66. The number of nitrogens with zero attached hydrogens (tertiary/aromatic N) is 1. The molecule has 0 aliphatic carbocycles. The van der Waals surface area contributed by atoms with Gasteiger partial charge in [0.15, 0.2) is 0 Å². The average molecular weight is 378 g/mol. The number of fused-ring (bicyclic) bond motifs is 1. The van der Waals surface area contributed by atoms with E-state index in [4.69, 9.17) is 4.74 Å². The van der Waals surface area contributed by atoms with Crippen LogP contribution in [0.4, 0.5) is 5.69 Å². The molecule has 5 nitrogen and oxygen atoms in total. The number of nitrogens with one attached hydrogen (secondary N) is 1. The van der Waals surface area contributed by atoms with Gasteiger partial charge in [0, 0.05) is 41.9 Å². The van der Waals surface area contributed by atoms with Crippen LogP contribution in [0.3, 0.4) is 0 Å². The van der Waals surface area contributed by atoms with Crippen molar-refractivity contribution in [1.82, 2.24) is 4.57 Å². The zero-order chi connectivity index (χ0) is 20.1. The highest BCUT2D eigenvalue weighted by molar-refractivity contribution is 6.09. The van der Waals surface area contributed by atoms with Gasteiger partial charge in [0.05, 0.1) is 6.61 Å². The fourth-order valence-electron chi connectivity index (χ4n) is 3.25. The normalized spacial score (nSPS) is 11.1. The lowest BCUT2D eigenvalue weighted by Crippen LogP contribution is -2.22. The molecule has 0 saturated heterocycles. The van der Waals surface area contributed by atoms with Crippen LogP contribution in [0, 0.1) is 5.92 Å². The van der Waals surface area contributed by atoms with Crippen molar-refractivity contribution in [2.24, 2.45) is 5.92 Å². The maximum atomic E-state index is 12.7. The summed E-state index contributed by atoms with van der Waals surface area (Å²) >= 11 is 0. The predicted molar refractivity (Wildman–Crippen MR) is 113 cm³/mol. The Bertz CT molecular complexity index is 1020. The van der Waals surface area contributed by atoms with Gasteiger partial charge in [0.1, 0.15) is 0 Å². The van der Waals surface area contributed by atoms with Crippen molar-refractivity contribution in [2.75, 3.05) is 19.0 Å². The molecule has 0 fully saturated rings. The summed E-state index contributed by atoms with van der Waals surface area (Å²) in [6.45, 7) is 5.30. The maximum absolute atomic E-state index is 12.7. The summed E-state index contributed by atoms with van der Waals surface area (Å²) in [6, 6.07) is 14.9. The van der Waals surface area contributed by atoms with Gasteiger partial charge in [-0.1, -0.05) is 32.0 Å². The molecule has 3 rings (SSSR count). The number of amides is 1. The van der Waals surface area contributed by atoms with Crippen LogP contribution in [-0.2, 0) is 17.7 Å². The highest BCUT2D eigenvalue weighted by Gasteiger charge is 2.11. The fraction of sp³-hybridized carbons (Fsp3) is 0.304. The molecule has 1 N–H and O–H groups in total. The minimum atomic E-state index is -0.188. The van der Waals surface area contributed by atoms with Crippen molar-refractivity contribution in [3.63, 3.8) is 0 Å². The Hall–Kier alpha value is -2.92. The first kappa shape index (κ1) is 19.8. The van der Waals surface area contributed by atoms with E-state index in [1.54, 1.807) is 30.0 Å². The summed E-state index contributed by atoms with van der Waals surface area (Å²) in [4.78, 5) is 25.3. The van der Waals surface area contributed by atoms with Crippen LogP contribution in [-0.4, -0.2) is 24.2 Å². The highest BCUT2D eigenvalue weighted by atomic mass is 16.5. The van der Waals surface area contributed by atoms with Gasteiger partial charge in [-0.25, -0.2) is 0 Å². The Balaban J connectivity index is 1.84. The third kappa shape index (κ3) is 4.49. The van der Waals surface area contributed by atoms with Crippen molar-refractivity contribution < 1.29 is 9.53 Å². The molecule has 1 heterocycles. The summed E-state index contributed by atoms with van der Waals surface area (Å²) in [6.07, 6.45) is 2.72.